The highest BCUT2D eigenvalue weighted by Gasteiger charge is 2.23. The van der Waals surface area contributed by atoms with Crippen LogP contribution in [0.1, 0.15) is 13.3 Å². The fourth-order valence-corrected chi connectivity index (χ4v) is 4.83. The second kappa shape index (κ2) is 7.69. The molecule has 1 atom stereocenters. The van der Waals surface area contributed by atoms with Crippen molar-refractivity contribution < 1.29 is 22.7 Å². The van der Waals surface area contributed by atoms with Gasteiger partial charge in [-0.3, -0.25) is 9.52 Å². The van der Waals surface area contributed by atoms with E-state index in [0.29, 0.717) is 29.3 Å². The summed E-state index contributed by atoms with van der Waals surface area (Å²) in [5.74, 6) is 0.757. The molecular formula is C18H20N2O5S2. The number of methoxy groups -OCH3 is 2. The van der Waals surface area contributed by atoms with E-state index in [-0.39, 0.29) is 16.1 Å². The summed E-state index contributed by atoms with van der Waals surface area (Å²) in [6.07, 6.45) is 0.378. The van der Waals surface area contributed by atoms with Gasteiger partial charge in [0, 0.05) is 22.6 Å². The van der Waals surface area contributed by atoms with E-state index in [1.807, 2.05) is 6.92 Å². The smallest absolute Gasteiger partial charge is 0.262 e. The first-order chi connectivity index (χ1) is 12.8. The van der Waals surface area contributed by atoms with E-state index < -0.39 is 10.0 Å². The van der Waals surface area contributed by atoms with Gasteiger partial charge in [0.15, 0.2) is 0 Å². The Kier molecular flexibility index (Phi) is 5.52. The van der Waals surface area contributed by atoms with Crippen molar-refractivity contribution in [2.45, 2.75) is 28.4 Å². The number of benzene rings is 2. The molecule has 27 heavy (non-hydrogen) atoms. The maximum absolute atomic E-state index is 12.8. The SMILES string of the molecule is COc1ccc(NS(=O)(=O)c2ccc3c(c2)NC(=O)CC(C)S3)c(OC)c1. The molecule has 144 valence electrons. The molecule has 2 aromatic rings. The number of sulfonamides is 1. The topological polar surface area (TPSA) is 93.7 Å². The van der Waals surface area contributed by atoms with E-state index in [2.05, 4.69) is 10.0 Å². The second-order valence-corrected chi connectivity index (χ2v) is 9.17. The quantitative estimate of drug-likeness (QED) is 0.788. The van der Waals surface area contributed by atoms with Gasteiger partial charge in [-0.25, -0.2) is 8.42 Å². The Bertz CT molecular complexity index is 976. The number of nitrogens with one attached hydrogen (secondary N) is 2. The Labute approximate surface area is 162 Å². The standard InChI is InChI=1S/C18H20N2O5S2/c1-11-8-18(21)19-15-10-13(5-7-17(15)26-11)27(22,23)20-14-6-4-12(24-2)9-16(14)25-3/h4-7,9-11,20H,8H2,1-3H3,(H,19,21). The number of anilines is 2. The molecule has 0 spiro atoms. The lowest BCUT2D eigenvalue weighted by molar-refractivity contribution is -0.116. The lowest BCUT2D eigenvalue weighted by Gasteiger charge is -2.14. The minimum absolute atomic E-state index is 0.0505. The Balaban J connectivity index is 1.93. The summed E-state index contributed by atoms with van der Waals surface area (Å²) in [7, 11) is -0.911. The van der Waals surface area contributed by atoms with Crippen LogP contribution in [0.4, 0.5) is 11.4 Å². The maximum Gasteiger partial charge on any atom is 0.262 e. The summed E-state index contributed by atoms with van der Waals surface area (Å²) in [5, 5.41) is 2.89. The number of carbonyl (C=O) groups is 1. The van der Waals surface area contributed by atoms with E-state index in [9.17, 15) is 13.2 Å². The minimum atomic E-state index is -3.87. The fraction of sp³-hybridized carbons (Fsp3) is 0.278. The minimum Gasteiger partial charge on any atom is -0.497 e. The molecule has 7 nitrogen and oxygen atoms in total. The van der Waals surface area contributed by atoms with Crippen molar-refractivity contribution in [2.24, 2.45) is 0 Å². The molecule has 0 aliphatic carbocycles. The number of rotatable bonds is 5. The third kappa shape index (κ3) is 4.30. The molecule has 1 aliphatic rings. The summed E-state index contributed by atoms with van der Waals surface area (Å²) < 4.78 is 38.5. The van der Waals surface area contributed by atoms with Crippen LogP contribution in [0.15, 0.2) is 46.2 Å². The van der Waals surface area contributed by atoms with Crippen LogP contribution in [0.25, 0.3) is 0 Å². The highest BCUT2D eigenvalue weighted by atomic mass is 32.2. The molecule has 3 rings (SSSR count). The van der Waals surface area contributed by atoms with Gasteiger partial charge in [0.05, 0.1) is 30.5 Å². The van der Waals surface area contributed by atoms with Crippen molar-refractivity contribution in [1.29, 1.82) is 0 Å². The van der Waals surface area contributed by atoms with E-state index in [0.717, 1.165) is 4.90 Å². The number of thioether (sulfide) groups is 1. The predicted molar refractivity (Wildman–Crippen MR) is 105 cm³/mol. The van der Waals surface area contributed by atoms with Crippen molar-refractivity contribution in [3.8, 4) is 11.5 Å². The van der Waals surface area contributed by atoms with Gasteiger partial charge in [0.1, 0.15) is 11.5 Å². The number of fused-ring (bicyclic) bond motifs is 1. The first-order valence-electron chi connectivity index (χ1n) is 8.18. The molecule has 1 amide bonds. The van der Waals surface area contributed by atoms with Gasteiger partial charge in [-0.15, -0.1) is 11.8 Å². The fourth-order valence-electron chi connectivity index (χ4n) is 2.68. The van der Waals surface area contributed by atoms with Crippen molar-refractivity contribution in [3.05, 3.63) is 36.4 Å². The van der Waals surface area contributed by atoms with Crippen LogP contribution >= 0.6 is 11.8 Å². The van der Waals surface area contributed by atoms with Gasteiger partial charge >= 0.3 is 0 Å². The number of amides is 1. The van der Waals surface area contributed by atoms with E-state index >= 15 is 0 Å². The molecule has 0 bridgehead atoms. The van der Waals surface area contributed by atoms with Crippen molar-refractivity contribution in [3.63, 3.8) is 0 Å². The molecular weight excluding hydrogens is 388 g/mol. The molecule has 1 aliphatic heterocycles. The van der Waals surface area contributed by atoms with Crippen LogP contribution in [0.2, 0.25) is 0 Å². The number of carbonyl (C=O) groups excluding carboxylic acids is 1. The van der Waals surface area contributed by atoms with Crippen LogP contribution in [-0.2, 0) is 14.8 Å². The molecule has 0 saturated carbocycles. The summed E-state index contributed by atoms with van der Waals surface area (Å²) in [6.45, 7) is 1.96. The lowest BCUT2D eigenvalue weighted by atomic mass is 10.3. The Hall–Kier alpha value is -2.39. The molecule has 0 saturated heterocycles. The first kappa shape index (κ1) is 19.4. The Morgan fingerprint density at radius 3 is 2.63 bits per heavy atom. The van der Waals surface area contributed by atoms with E-state index in [1.165, 1.54) is 38.1 Å². The molecule has 0 radical (unpaired) electrons. The van der Waals surface area contributed by atoms with Crippen molar-refractivity contribution >= 4 is 39.1 Å². The predicted octanol–water partition coefficient (Wildman–Crippen LogP) is 3.33. The van der Waals surface area contributed by atoms with Gasteiger partial charge in [0.25, 0.3) is 10.0 Å². The van der Waals surface area contributed by atoms with Crippen LogP contribution in [-0.4, -0.2) is 33.8 Å². The molecule has 2 aromatic carbocycles. The summed E-state index contributed by atoms with van der Waals surface area (Å²) >= 11 is 1.54. The first-order valence-corrected chi connectivity index (χ1v) is 10.5. The average Bonchev–Trinajstić information content (AvgIpc) is 2.77. The summed E-state index contributed by atoms with van der Waals surface area (Å²) in [5.41, 5.74) is 0.791. The maximum atomic E-state index is 12.8. The van der Waals surface area contributed by atoms with Crippen LogP contribution < -0.4 is 19.5 Å². The van der Waals surface area contributed by atoms with E-state index in [4.69, 9.17) is 9.47 Å². The zero-order valence-electron chi connectivity index (χ0n) is 15.1. The number of hydrogen-bond acceptors (Lipinski definition) is 6. The number of hydrogen-bond donors (Lipinski definition) is 2. The normalized spacial score (nSPS) is 16.7. The largest absolute Gasteiger partial charge is 0.497 e. The third-order valence-electron chi connectivity index (χ3n) is 3.99. The average molecular weight is 409 g/mol. The molecule has 1 heterocycles. The van der Waals surface area contributed by atoms with Gasteiger partial charge in [0.2, 0.25) is 5.91 Å². The molecule has 0 aromatic heterocycles. The Morgan fingerprint density at radius 2 is 1.93 bits per heavy atom. The highest BCUT2D eigenvalue weighted by Crippen LogP contribution is 2.37. The summed E-state index contributed by atoms with van der Waals surface area (Å²) in [4.78, 5) is 12.8. The lowest BCUT2D eigenvalue weighted by Crippen LogP contribution is -2.15. The molecule has 1 unspecified atom stereocenters. The highest BCUT2D eigenvalue weighted by molar-refractivity contribution is 8.00. The monoisotopic (exact) mass is 408 g/mol. The zero-order valence-corrected chi connectivity index (χ0v) is 16.7. The van der Waals surface area contributed by atoms with Crippen LogP contribution in [0.5, 0.6) is 11.5 Å². The molecule has 9 heteroatoms. The Morgan fingerprint density at radius 1 is 1.15 bits per heavy atom. The number of ether oxygens (including phenoxy) is 2. The van der Waals surface area contributed by atoms with Crippen molar-refractivity contribution in [1.82, 2.24) is 0 Å². The van der Waals surface area contributed by atoms with Crippen LogP contribution in [0, 0.1) is 0 Å². The summed E-state index contributed by atoms with van der Waals surface area (Å²) in [6, 6.07) is 9.49. The van der Waals surface area contributed by atoms with E-state index in [1.54, 1.807) is 24.3 Å². The van der Waals surface area contributed by atoms with Gasteiger partial charge in [-0.2, -0.15) is 0 Å². The van der Waals surface area contributed by atoms with Gasteiger partial charge in [-0.05, 0) is 30.3 Å². The second-order valence-electron chi connectivity index (χ2n) is 6.01. The zero-order chi connectivity index (χ0) is 19.6. The third-order valence-corrected chi connectivity index (χ3v) is 6.53. The van der Waals surface area contributed by atoms with Gasteiger partial charge < -0.3 is 14.8 Å². The van der Waals surface area contributed by atoms with Gasteiger partial charge in [-0.1, -0.05) is 6.92 Å². The molecule has 2 N–H and O–H groups in total. The molecule has 0 fully saturated rings. The van der Waals surface area contributed by atoms with Crippen LogP contribution in [0.3, 0.4) is 0 Å². The van der Waals surface area contributed by atoms with Crippen molar-refractivity contribution in [2.75, 3.05) is 24.3 Å².